The third-order valence-electron chi connectivity index (χ3n) is 4.97. The normalized spacial score (nSPS) is 17.4. The highest BCUT2D eigenvalue weighted by atomic mass is 32.1. The zero-order valence-electron chi connectivity index (χ0n) is 16.3. The van der Waals surface area contributed by atoms with E-state index in [2.05, 4.69) is 11.4 Å². The molecule has 4 amide bonds. The average Bonchev–Trinajstić information content (AvgIpc) is 2.99. The summed E-state index contributed by atoms with van der Waals surface area (Å²) in [5.41, 5.74) is 1.49. The van der Waals surface area contributed by atoms with Crippen LogP contribution in [0.3, 0.4) is 0 Å². The van der Waals surface area contributed by atoms with Crippen LogP contribution in [0.15, 0.2) is 0 Å². The number of nitrogens with one attached hydrogen (secondary N) is 1. The molecule has 154 valence electrons. The number of thiophene rings is 1. The minimum Gasteiger partial charge on any atom is -0.451 e. The first-order valence-corrected chi connectivity index (χ1v) is 10.2. The zero-order chi connectivity index (χ0) is 21.1. The van der Waals surface area contributed by atoms with Crippen LogP contribution in [0.25, 0.3) is 0 Å². The molecule has 2 aliphatic rings. The van der Waals surface area contributed by atoms with E-state index in [0.29, 0.717) is 10.6 Å². The molecule has 1 atom stereocenters. The molecule has 1 aliphatic carbocycles. The number of carbonyl (C=O) groups is 4. The molecule has 0 bridgehead atoms. The Morgan fingerprint density at radius 3 is 2.66 bits per heavy atom. The number of rotatable bonds is 5. The van der Waals surface area contributed by atoms with Gasteiger partial charge >= 0.3 is 12.0 Å². The molecule has 1 saturated heterocycles. The highest BCUT2D eigenvalue weighted by molar-refractivity contribution is 7.16. The van der Waals surface area contributed by atoms with Gasteiger partial charge in [0.2, 0.25) is 0 Å². The van der Waals surface area contributed by atoms with Gasteiger partial charge in [-0.15, -0.1) is 11.3 Å². The van der Waals surface area contributed by atoms with E-state index in [0.717, 1.165) is 47.4 Å². The van der Waals surface area contributed by atoms with Gasteiger partial charge in [-0.25, -0.2) is 4.79 Å². The summed E-state index contributed by atoms with van der Waals surface area (Å²) in [5, 5.41) is 12.7. The van der Waals surface area contributed by atoms with Gasteiger partial charge in [0, 0.05) is 11.9 Å². The second-order valence-corrected chi connectivity index (χ2v) is 8.23. The van der Waals surface area contributed by atoms with Crippen molar-refractivity contribution >= 4 is 40.2 Å². The molecule has 29 heavy (non-hydrogen) atoms. The molecular formula is C19H22N4O5S. The Morgan fingerprint density at radius 2 is 2.00 bits per heavy atom. The van der Waals surface area contributed by atoms with Crippen LogP contribution in [0.5, 0.6) is 0 Å². The molecule has 0 saturated carbocycles. The van der Waals surface area contributed by atoms with Gasteiger partial charge in [-0.1, -0.05) is 6.42 Å². The summed E-state index contributed by atoms with van der Waals surface area (Å²) in [6.07, 6.45) is 3.77. The first kappa shape index (κ1) is 20.8. The summed E-state index contributed by atoms with van der Waals surface area (Å²) < 4.78 is 5.08. The molecule has 0 radical (unpaired) electrons. The highest BCUT2D eigenvalue weighted by Crippen LogP contribution is 2.37. The van der Waals surface area contributed by atoms with E-state index in [-0.39, 0.29) is 6.54 Å². The number of fused-ring (bicyclic) bond motifs is 1. The highest BCUT2D eigenvalue weighted by Gasteiger charge is 2.36. The molecular weight excluding hydrogens is 396 g/mol. The second kappa shape index (κ2) is 8.61. The van der Waals surface area contributed by atoms with Gasteiger partial charge in [0.15, 0.2) is 6.10 Å². The molecule has 1 aliphatic heterocycles. The number of ether oxygens (including phenoxy) is 1. The van der Waals surface area contributed by atoms with Crippen LogP contribution in [0.2, 0.25) is 0 Å². The maximum atomic E-state index is 12.5. The number of imide groups is 1. The lowest BCUT2D eigenvalue weighted by Crippen LogP contribution is -2.39. The molecule has 10 heteroatoms. The summed E-state index contributed by atoms with van der Waals surface area (Å²) in [7, 11) is 1.46. The molecule has 0 unspecified atom stereocenters. The molecule has 3 rings (SSSR count). The molecule has 1 aromatic heterocycles. The Balaban J connectivity index is 1.61. The van der Waals surface area contributed by atoms with Crippen molar-refractivity contribution in [3.05, 3.63) is 16.0 Å². The molecule has 1 N–H and O–H groups in total. The smallest absolute Gasteiger partial charge is 0.327 e. The largest absolute Gasteiger partial charge is 0.451 e. The van der Waals surface area contributed by atoms with Gasteiger partial charge in [0.05, 0.1) is 5.56 Å². The maximum Gasteiger partial charge on any atom is 0.327 e. The van der Waals surface area contributed by atoms with E-state index in [1.165, 1.54) is 30.2 Å². The predicted molar refractivity (Wildman–Crippen MR) is 104 cm³/mol. The van der Waals surface area contributed by atoms with Gasteiger partial charge in [-0.2, -0.15) is 5.26 Å². The number of aryl methyl sites for hydroxylation is 1. The number of anilines is 1. The standard InChI is InChI=1S/C19H22N4O5S/c1-11(28-16(25)10-23-15(24)9-22(2)19(23)27)17(26)21-18-13(8-20)12-6-4-3-5-7-14(12)29-18/h11H,3-7,9-10H2,1-2H3,(H,21,26)/t11-/m1/s1. The van der Waals surface area contributed by atoms with Crippen LogP contribution in [0.4, 0.5) is 9.80 Å². The quantitative estimate of drug-likeness (QED) is 0.441. The molecule has 2 heterocycles. The SMILES string of the molecule is C[C@@H](OC(=O)CN1C(=O)CN(C)C1=O)C(=O)Nc1sc2c(c1C#N)CCCCC2. The van der Waals surface area contributed by atoms with Crippen molar-refractivity contribution in [1.29, 1.82) is 5.26 Å². The number of esters is 1. The Kier molecular flexibility index (Phi) is 6.17. The summed E-state index contributed by atoms with van der Waals surface area (Å²) in [6, 6.07) is 1.60. The third kappa shape index (κ3) is 4.40. The van der Waals surface area contributed by atoms with Gasteiger partial charge < -0.3 is 15.0 Å². The van der Waals surface area contributed by atoms with Crippen molar-refractivity contribution in [3.8, 4) is 6.07 Å². The summed E-state index contributed by atoms with van der Waals surface area (Å²) >= 11 is 1.39. The summed E-state index contributed by atoms with van der Waals surface area (Å²) in [6.45, 7) is 0.760. The molecule has 1 fully saturated rings. The Bertz CT molecular complexity index is 903. The third-order valence-corrected chi connectivity index (χ3v) is 6.17. The summed E-state index contributed by atoms with van der Waals surface area (Å²) in [5.74, 6) is -1.92. The van der Waals surface area contributed by atoms with Crippen molar-refractivity contribution in [3.63, 3.8) is 0 Å². The Hall–Kier alpha value is -2.93. The number of likely N-dealkylation sites (N-methyl/N-ethyl adjacent to an activating group) is 1. The minimum absolute atomic E-state index is 0.0951. The van der Waals surface area contributed by atoms with Crippen molar-refractivity contribution < 1.29 is 23.9 Å². The van der Waals surface area contributed by atoms with Crippen LogP contribution in [0.1, 0.15) is 42.2 Å². The van der Waals surface area contributed by atoms with Gasteiger partial charge in [-0.05, 0) is 38.2 Å². The topological polar surface area (TPSA) is 120 Å². The number of hydrogen-bond donors (Lipinski definition) is 1. The van der Waals surface area contributed by atoms with Crippen LogP contribution < -0.4 is 5.32 Å². The average molecular weight is 418 g/mol. The van der Waals surface area contributed by atoms with Gasteiger partial charge in [0.25, 0.3) is 11.8 Å². The fourth-order valence-electron chi connectivity index (χ4n) is 3.40. The van der Waals surface area contributed by atoms with E-state index in [1.54, 1.807) is 0 Å². The lowest BCUT2D eigenvalue weighted by molar-refractivity contribution is -0.154. The number of amides is 4. The number of nitriles is 1. The van der Waals surface area contributed by atoms with E-state index >= 15 is 0 Å². The lowest BCUT2D eigenvalue weighted by atomic mass is 10.1. The van der Waals surface area contributed by atoms with Crippen LogP contribution in [-0.4, -0.2) is 59.9 Å². The molecule has 1 aromatic rings. The molecule has 0 aromatic carbocycles. The van der Waals surface area contributed by atoms with Crippen LogP contribution >= 0.6 is 11.3 Å². The van der Waals surface area contributed by atoms with Crippen molar-refractivity contribution in [2.75, 3.05) is 25.5 Å². The zero-order valence-corrected chi connectivity index (χ0v) is 17.1. The molecule has 0 spiro atoms. The second-order valence-electron chi connectivity index (χ2n) is 7.12. The predicted octanol–water partition coefficient (Wildman–Crippen LogP) is 1.65. The number of carbonyl (C=O) groups excluding carboxylic acids is 4. The van der Waals surface area contributed by atoms with Gasteiger partial charge in [0.1, 0.15) is 24.2 Å². The van der Waals surface area contributed by atoms with Crippen molar-refractivity contribution in [1.82, 2.24) is 9.80 Å². The fraction of sp³-hybridized carbons (Fsp3) is 0.526. The number of urea groups is 1. The number of nitrogens with zero attached hydrogens (tertiary/aromatic N) is 3. The maximum absolute atomic E-state index is 12.5. The monoisotopic (exact) mass is 418 g/mol. The first-order chi connectivity index (χ1) is 13.8. The lowest BCUT2D eigenvalue weighted by Gasteiger charge is -2.16. The van der Waals surface area contributed by atoms with Gasteiger partial charge in [-0.3, -0.25) is 19.3 Å². The number of hydrogen-bond acceptors (Lipinski definition) is 7. The van der Waals surface area contributed by atoms with E-state index in [1.807, 2.05) is 0 Å². The van der Waals surface area contributed by atoms with E-state index in [9.17, 15) is 24.4 Å². The van der Waals surface area contributed by atoms with Crippen molar-refractivity contribution in [2.24, 2.45) is 0 Å². The molecule has 9 nitrogen and oxygen atoms in total. The Labute approximate surface area is 172 Å². The summed E-state index contributed by atoms with van der Waals surface area (Å²) in [4.78, 5) is 51.2. The Morgan fingerprint density at radius 1 is 1.28 bits per heavy atom. The van der Waals surface area contributed by atoms with Crippen LogP contribution in [0, 0.1) is 11.3 Å². The fourth-order valence-corrected chi connectivity index (χ4v) is 4.65. The van der Waals surface area contributed by atoms with E-state index in [4.69, 9.17) is 4.74 Å². The van der Waals surface area contributed by atoms with E-state index < -0.39 is 36.5 Å². The minimum atomic E-state index is -1.14. The van der Waals surface area contributed by atoms with Crippen LogP contribution in [-0.2, 0) is 32.0 Å². The first-order valence-electron chi connectivity index (χ1n) is 9.42. The van der Waals surface area contributed by atoms with Crippen molar-refractivity contribution in [2.45, 2.75) is 45.1 Å².